The normalized spacial score (nSPS) is 12.7. The van der Waals surface area contributed by atoms with Crippen molar-refractivity contribution in [3.63, 3.8) is 0 Å². The average molecular weight is 1040 g/mol. The number of esters is 3. The summed E-state index contributed by atoms with van der Waals surface area (Å²) >= 11 is 0. The first-order chi connectivity index (χ1) is 37.0. The summed E-state index contributed by atoms with van der Waals surface area (Å²) < 4.78 is 16.9. The summed E-state index contributed by atoms with van der Waals surface area (Å²) in [7, 11) is 0. The molecule has 1 unspecified atom stereocenters. The van der Waals surface area contributed by atoms with Crippen LogP contribution in [0.4, 0.5) is 0 Å². The van der Waals surface area contributed by atoms with Gasteiger partial charge in [-0.25, -0.2) is 0 Å². The second-order valence-electron chi connectivity index (χ2n) is 20.9. The molecule has 0 spiro atoms. The highest BCUT2D eigenvalue weighted by molar-refractivity contribution is 5.71. The van der Waals surface area contributed by atoms with Crippen molar-refractivity contribution in [3.8, 4) is 0 Å². The molecule has 0 saturated carbocycles. The summed E-state index contributed by atoms with van der Waals surface area (Å²) in [6.07, 6.45) is 84.2. The van der Waals surface area contributed by atoms with E-state index in [4.69, 9.17) is 14.2 Å². The zero-order valence-electron chi connectivity index (χ0n) is 49.3. The number of carbonyl (C=O) groups is 3. The number of ether oxygens (including phenoxy) is 3. The molecule has 6 heteroatoms. The van der Waals surface area contributed by atoms with E-state index in [1.165, 1.54) is 154 Å². The molecule has 0 aliphatic carbocycles. The highest BCUT2D eigenvalue weighted by Crippen LogP contribution is 2.17. The molecule has 0 saturated heterocycles. The molecule has 0 radical (unpaired) electrons. The molecule has 0 amide bonds. The highest BCUT2D eigenvalue weighted by Gasteiger charge is 2.19. The van der Waals surface area contributed by atoms with Crippen LogP contribution in [0.15, 0.2) is 97.2 Å². The third-order valence-electron chi connectivity index (χ3n) is 13.6. The Morgan fingerprint density at radius 1 is 0.280 bits per heavy atom. The molecular weight excluding hydrogens is 925 g/mol. The highest BCUT2D eigenvalue weighted by atomic mass is 16.6. The number of allylic oxidation sites excluding steroid dienone is 16. The van der Waals surface area contributed by atoms with Crippen LogP contribution in [0.2, 0.25) is 0 Å². The van der Waals surface area contributed by atoms with Crippen LogP contribution in [0.5, 0.6) is 0 Å². The molecule has 0 aliphatic rings. The first-order valence-corrected chi connectivity index (χ1v) is 31.7. The molecule has 0 aromatic rings. The molecule has 0 bridgehead atoms. The lowest BCUT2D eigenvalue weighted by Crippen LogP contribution is -2.30. The summed E-state index contributed by atoms with van der Waals surface area (Å²) in [6, 6.07) is 0. The molecule has 6 nitrogen and oxygen atoms in total. The van der Waals surface area contributed by atoms with Crippen molar-refractivity contribution in [2.75, 3.05) is 13.2 Å². The zero-order chi connectivity index (χ0) is 54.3. The average Bonchev–Trinajstić information content (AvgIpc) is 3.41. The largest absolute Gasteiger partial charge is 0.462 e. The maximum Gasteiger partial charge on any atom is 0.306 e. The van der Waals surface area contributed by atoms with Gasteiger partial charge in [-0.15, -0.1) is 0 Å². The van der Waals surface area contributed by atoms with Gasteiger partial charge in [-0.05, 0) is 96.3 Å². The number of rotatable bonds is 57. The lowest BCUT2D eigenvalue weighted by Gasteiger charge is -2.18. The summed E-state index contributed by atoms with van der Waals surface area (Å²) in [5.74, 6) is -0.958. The Morgan fingerprint density at radius 2 is 0.533 bits per heavy atom. The minimum absolute atomic E-state index is 0.0981. The van der Waals surface area contributed by atoms with E-state index in [-0.39, 0.29) is 37.5 Å². The van der Waals surface area contributed by atoms with Crippen LogP contribution in [0.25, 0.3) is 0 Å². The smallest absolute Gasteiger partial charge is 0.306 e. The van der Waals surface area contributed by atoms with Gasteiger partial charge in [0, 0.05) is 19.3 Å². The van der Waals surface area contributed by atoms with Gasteiger partial charge in [0.15, 0.2) is 6.10 Å². The van der Waals surface area contributed by atoms with Crippen molar-refractivity contribution in [2.45, 2.75) is 309 Å². The van der Waals surface area contributed by atoms with E-state index in [1.54, 1.807) is 0 Å². The molecule has 0 N–H and O–H groups in total. The van der Waals surface area contributed by atoms with Crippen LogP contribution < -0.4 is 0 Å². The van der Waals surface area contributed by atoms with E-state index in [2.05, 4.69) is 118 Å². The van der Waals surface area contributed by atoms with Gasteiger partial charge in [0.05, 0.1) is 0 Å². The van der Waals surface area contributed by atoms with Gasteiger partial charge < -0.3 is 14.2 Å². The molecule has 0 rings (SSSR count). The monoisotopic (exact) mass is 1040 g/mol. The molecule has 430 valence electrons. The fraction of sp³-hybridized carbons (Fsp3) is 0.725. The van der Waals surface area contributed by atoms with Crippen molar-refractivity contribution < 1.29 is 28.6 Å². The molecule has 0 aromatic carbocycles. The summed E-state index contributed by atoms with van der Waals surface area (Å²) in [6.45, 7) is 6.48. The quantitative estimate of drug-likeness (QED) is 0.0261. The SMILES string of the molecule is CC/C=C\C/C=C\C/C=C\C/C=C\C/C=C\C/C=C\C/C=C\CCCC(=O)OCC(COC(=O)CCCCCCC/C=C\CCCCC)OC(=O)CCCCCCCCCCCCCCCCCCCCCCCC. The molecule has 1 atom stereocenters. The Morgan fingerprint density at radius 3 is 0.907 bits per heavy atom. The van der Waals surface area contributed by atoms with Gasteiger partial charge in [-0.3, -0.25) is 14.4 Å². The molecule has 0 aliphatic heterocycles. The Kier molecular flexibility index (Phi) is 59.8. The van der Waals surface area contributed by atoms with Crippen molar-refractivity contribution in [2.24, 2.45) is 0 Å². The van der Waals surface area contributed by atoms with Crippen LogP contribution in [0, 0.1) is 0 Å². The van der Waals surface area contributed by atoms with E-state index < -0.39 is 6.10 Å². The van der Waals surface area contributed by atoms with Gasteiger partial charge >= 0.3 is 17.9 Å². The third-order valence-corrected chi connectivity index (χ3v) is 13.6. The molecular formula is C69H118O6. The van der Waals surface area contributed by atoms with Crippen LogP contribution in [-0.2, 0) is 28.6 Å². The van der Waals surface area contributed by atoms with E-state index in [0.717, 1.165) is 103 Å². The first kappa shape index (κ1) is 71.3. The standard InChI is InChI=1S/C69H118O6/c1-4-7-10-13-16-19-22-25-27-29-31-33-35-37-38-40-42-44-47-50-53-56-59-62-68(71)74-65-66(64-73-67(70)61-58-55-52-49-46-24-21-18-15-12-9-6-3)75-69(72)63-60-57-54-51-48-45-43-41-39-36-34-32-30-28-26-23-20-17-14-11-8-5-2/h7,10,16,18-19,21,25,27,31,33,37-38,42,44,50,53,66H,4-6,8-9,11-15,17,20,22-24,26,28-30,32,34-36,39-41,43,45-49,51-52,54-65H2,1-3H3/b10-7-,19-16-,21-18-,27-25-,33-31-,38-37-,44-42-,53-50-. The first-order valence-electron chi connectivity index (χ1n) is 31.7. The summed E-state index contributed by atoms with van der Waals surface area (Å²) in [5.41, 5.74) is 0. The fourth-order valence-corrected chi connectivity index (χ4v) is 8.84. The molecule has 0 heterocycles. The zero-order valence-corrected chi connectivity index (χ0v) is 49.3. The number of hydrogen-bond donors (Lipinski definition) is 0. The van der Waals surface area contributed by atoms with Crippen molar-refractivity contribution in [1.82, 2.24) is 0 Å². The molecule has 75 heavy (non-hydrogen) atoms. The molecule has 0 aromatic heterocycles. The van der Waals surface area contributed by atoms with E-state index in [9.17, 15) is 14.4 Å². The second kappa shape index (κ2) is 62.9. The van der Waals surface area contributed by atoms with Crippen LogP contribution >= 0.6 is 0 Å². The topological polar surface area (TPSA) is 78.9 Å². The number of unbranched alkanes of at least 4 members (excludes halogenated alkanes) is 30. The van der Waals surface area contributed by atoms with E-state index in [0.29, 0.717) is 19.3 Å². The predicted octanol–water partition coefficient (Wildman–Crippen LogP) is 21.7. The minimum atomic E-state index is -0.804. The van der Waals surface area contributed by atoms with E-state index >= 15 is 0 Å². The van der Waals surface area contributed by atoms with Gasteiger partial charge in [-0.2, -0.15) is 0 Å². The maximum absolute atomic E-state index is 12.9. The summed E-state index contributed by atoms with van der Waals surface area (Å²) in [5, 5.41) is 0. The Balaban J connectivity index is 4.40. The van der Waals surface area contributed by atoms with Gasteiger partial charge in [0.25, 0.3) is 0 Å². The fourth-order valence-electron chi connectivity index (χ4n) is 8.84. The van der Waals surface area contributed by atoms with Gasteiger partial charge in [0.1, 0.15) is 13.2 Å². The van der Waals surface area contributed by atoms with E-state index in [1.807, 2.05) is 0 Å². The second-order valence-corrected chi connectivity index (χ2v) is 20.9. The van der Waals surface area contributed by atoms with Crippen molar-refractivity contribution >= 4 is 17.9 Å². The van der Waals surface area contributed by atoms with Gasteiger partial charge in [0.2, 0.25) is 0 Å². The number of hydrogen-bond acceptors (Lipinski definition) is 6. The maximum atomic E-state index is 12.9. The Bertz CT molecular complexity index is 1480. The van der Waals surface area contributed by atoms with Crippen molar-refractivity contribution in [3.05, 3.63) is 97.2 Å². The minimum Gasteiger partial charge on any atom is -0.462 e. The van der Waals surface area contributed by atoms with Gasteiger partial charge in [-0.1, -0.05) is 285 Å². The number of carbonyl (C=O) groups excluding carboxylic acids is 3. The lowest BCUT2D eigenvalue weighted by molar-refractivity contribution is -0.167. The van der Waals surface area contributed by atoms with Crippen molar-refractivity contribution in [1.29, 1.82) is 0 Å². The lowest BCUT2D eigenvalue weighted by atomic mass is 10.0. The van der Waals surface area contributed by atoms with Crippen LogP contribution in [-0.4, -0.2) is 37.2 Å². The Labute approximate surface area is 464 Å². The molecule has 0 fully saturated rings. The van der Waals surface area contributed by atoms with Crippen LogP contribution in [0.3, 0.4) is 0 Å². The summed E-state index contributed by atoms with van der Waals surface area (Å²) in [4.78, 5) is 38.2. The third kappa shape index (κ3) is 61.1. The Hall–Kier alpha value is -3.67. The predicted molar refractivity (Wildman–Crippen MR) is 325 cm³/mol. The van der Waals surface area contributed by atoms with Crippen LogP contribution in [0.1, 0.15) is 303 Å².